The Morgan fingerprint density at radius 1 is 1.44 bits per heavy atom. The highest BCUT2D eigenvalue weighted by Crippen LogP contribution is 2.16. The Labute approximate surface area is 110 Å². The highest BCUT2D eigenvalue weighted by molar-refractivity contribution is 5.77. The van der Waals surface area contributed by atoms with E-state index in [2.05, 4.69) is 22.1 Å². The first-order chi connectivity index (χ1) is 8.79. The van der Waals surface area contributed by atoms with Gasteiger partial charge < -0.3 is 15.8 Å². The number of hydrogen-bond donors (Lipinski definition) is 2. The number of guanidine groups is 1. The minimum atomic E-state index is 0.317. The first kappa shape index (κ1) is 13.6. The summed E-state index contributed by atoms with van der Waals surface area (Å²) in [6.07, 6.45) is 5.15. The summed E-state index contributed by atoms with van der Waals surface area (Å²) < 4.78 is 5.53. The molecule has 2 heterocycles. The molecule has 0 amide bonds. The van der Waals surface area contributed by atoms with E-state index in [4.69, 9.17) is 10.5 Å². The number of ether oxygens (including phenoxy) is 1. The third-order valence-corrected chi connectivity index (χ3v) is 3.91. The Balaban J connectivity index is 1.67. The van der Waals surface area contributed by atoms with E-state index < -0.39 is 0 Å². The quantitative estimate of drug-likeness (QED) is 0.556. The van der Waals surface area contributed by atoms with Gasteiger partial charge in [-0.25, -0.2) is 0 Å². The Hall–Kier alpha value is -0.810. The van der Waals surface area contributed by atoms with E-state index in [0.717, 1.165) is 39.1 Å². The van der Waals surface area contributed by atoms with Crippen molar-refractivity contribution in [1.29, 1.82) is 0 Å². The third kappa shape index (κ3) is 3.85. The molecule has 2 rings (SSSR count). The van der Waals surface area contributed by atoms with Crippen molar-refractivity contribution in [3.63, 3.8) is 0 Å². The summed E-state index contributed by atoms with van der Waals surface area (Å²) in [4.78, 5) is 6.93. The molecule has 0 aromatic rings. The van der Waals surface area contributed by atoms with Crippen molar-refractivity contribution in [2.24, 2.45) is 10.7 Å². The van der Waals surface area contributed by atoms with E-state index in [1.165, 1.54) is 19.4 Å². The van der Waals surface area contributed by atoms with Crippen LogP contribution in [-0.4, -0.2) is 55.8 Å². The molecule has 5 heteroatoms. The number of nitrogens with zero attached hydrogens (tertiary/aromatic N) is 2. The van der Waals surface area contributed by atoms with Gasteiger partial charge in [0.25, 0.3) is 0 Å². The number of aliphatic imine (C=N–C) groups is 1. The fourth-order valence-corrected chi connectivity index (χ4v) is 2.80. The highest BCUT2D eigenvalue weighted by atomic mass is 16.5. The Morgan fingerprint density at radius 2 is 2.33 bits per heavy atom. The lowest BCUT2D eigenvalue weighted by molar-refractivity contribution is 0.114. The molecule has 2 fully saturated rings. The van der Waals surface area contributed by atoms with Crippen LogP contribution in [-0.2, 0) is 4.74 Å². The van der Waals surface area contributed by atoms with Crippen molar-refractivity contribution in [1.82, 2.24) is 10.2 Å². The van der Waals surface area contributed by atoms with Crippen LogP contribution in [0.25, 0.3) is 0 Å². The highest BCUT2D eigenvalue weighted by Gasteiger charge is 2.22. The molecule has 0 bridgehead atoms. The molecular formula is C13H26N4O. The fourth-order valence-electron chi connectivity index (χ4n) is 2.80. The SMILES string of the molecule is CCN1CCCC1CN=C(N)NCC1CCCO1. The van der Waals surface area contributed by atoms with Gasteiger partial charge in [0.05, 0.1) is 12.6 Å². The van der Waals surface area contributed by atoms with Gasteiger partial charge in [-0.3, -0.25) is 9.89 Å². The molecule has 2 aliphatic heterocycles. The second-order valence-electron chi connectivity index (χ2n) is 5.17. The van der Waals surface area contributed by atoms with Gasteiger partial charge in [0.1, 0.15) is 0 Å². The molecule has 2 atom stereocenters. The van der Waals surface area contributed by atoms with E-state index >= 15 is 0 Å². The van der Waals surface area contributed by atoms with Gasteiger partial charge in [-0.05, 0) is 38.8 Å². The van der Waals surface area contributed by atoms with E-state index in [1.54, 1.807) is 0 Å². The minimum absolute atomic E-state index is 0.317. The van der Waals surface area contributed by atoms with Crippen LogP contribution in [0.1, 0.15) is 32.6 Å². The predicted octanol–water partition coefficient (Wildman–Crippen LogP) is 0.554. The summed E-state index contributed by atoms with van der Waals surface area (Å²) in [7, 11) is 0. The molecule has 0 spiro atoms. The summed E-state index contributed by atoms with van der Waals surface area (Å²) >= 11 is 0. The average molecular weight is 254 g/mol. The molecule has 0 radical (unpaired) electrons. The normalized spacial score (nSPS) is 29.9. The maximum absolute atomic E-state index is 5.88. The van der Waals surface area contributed by atoms with Crippen LogP contribution < -0.4 is 11.1 Å². The smallest absolute Gasteiger partial charge is 0.188 e. The van der Waals surface area contributed by atoms with Crippen molar-refractivity contribution in [2.75, 3.05) is 32.8 Å². The first-order valence-corrected chi connectivity index (χ1v) is 7.19. The van der Waals surface area contributed by atoms with Crippen molar-refractivity contribution >= 4 is 5.96 Å². The van der Waals surface area contributed by atoms with Gasteiger partial charge in [0, 0.05) is 19.2 Å². The molecular weight excluding hydrogens is 228 g/mol. The first-order valence-electron chi connectivity index (χ1n) is 7.19. The number of rotatable bonds is 5. The van der Waals surface area contributed by atoms with Crippen molar-refractivity contribution in [3.05, 3.63) is 0 Å². The van der Waals surface area contributed by atoms with E-state index in [-0.39, 0.29) is 0 Å². The van der Waals surface area contributed by atoms with E-state index in [0.29, 0.717) is 18.1 Å². The van der Waals surface area contributed by atoms with Crippen LogP contribution in [0.4, 0.5) is 0 Å². The van der Waals surface area contributed by atoms with Crippen LogP contribution in [0.5, 0.6) is 0 Å². The maximum Gasteiger partial charge on any atom is 0.188 e. The number of likely N-dealkylation sites (N-methyl/N-ethyl adjacent to an activating group) is 1. The zero-order chi connectivity index (χ0) is 12.8. The average Bonchev–Trinajstić information content (AvgIpc) is 3.04. The Bertz CT molecular complexity index is 276. The molecule has 5 nitrogen and oxygen atoms in total. The van der Waals surface area contributed by atoms with Crippen molar-refractivity contribution in [2.45, 2.75) is 44.8 Å². The zero-order valence-corrected chi connectivity index (χ0v) is 11.4. The summed E-state index contributed by atoms with van der Waals surface area (Å²) in [6.45, 7) is 7.02. The molecule has 0 aromatic heterocycles. The molecule has 104 valence electrons. The van der Waals surface area contributed by atoms with Gasteiger partial charge in [-0.2, -0.15) is 0 Å². The standard InChI is InChI=1S/C13H26N4O/c1-2-17-7-3-5-11(17)9-15-13(14)16-10-12-6-4-8-18-12/h11-12H,2-10H2,1H3,(H3,14,15,16). The molecule has 0 aromatic carbocycles. The Kier molecular flexibility index (Phi) is 5.26. The van der Waals surface area contributed by atoms with Crippen LogP contribution in [0.3, 0.4) is 0 Å². The second kappa shape index (κ2) is 6.95. The van der Waals surface area contributed by atoms with Crippen LogP contribution >= 0.6 is 0 Å². The largest absolute Gasteiger partial charge is 0.376 e. The van der Waals surface area contributed by atoms with E-state index in [9.17, 15) is 0 Å². The second-order valence-corrected chi connectivity index (χ2v) is 5.17. The molecule has 0 aliphatic carbocycles. The van der Waals surface area contributed by atoms with Gasteiger partial charge in [-0.1, -0.05) is 6.92 Å². The topological polar surface area (TPSA) is 62.9 Å². The van der Waals surface area contributed by atoms with Crippen LogP contribution in [0, 0.1) is 0 Å². The maximum atomic E-state index is 5.88. The predicted molar refractivity (Wildman–Crippen MR) is 73.7 cm³/mol. The van der Waals surface area contributed by atoms with Crippen LogP contribution in [0.15, 0.2) is 4.99 Å². The minimum Gasteiger partial charge on any atom is -0.376 e. The van der Waals surface area contributed by atoms with Crippen LogP contribution in [0.2, 0.25) is 0 Å². The molecule has 0 saturated carbocycles. The molecule has 3 N–H and O–H groups in total. The van der Waals surface area contributed by atoms with Gasteiger partial charge in [-0.15, -0.1) is 0 Å². The Morgan fingerprint density at radius 3 is 3.06 bits per heavy atom. The zero-order valence-electron chi connectivity index (χ0n) is 11.4. The van der Waals surface area contributed by atoms with Gasteiger partial charge in [0.15, 0.2) is 5.96 Å². The van der Waals surface area contributed by atoms with E-state index in [1.807, 2.05) is 0 Å². The van der Waals surface area contributed by atoms with Gasteiger partial charge >= 0.3 is 0 Å². The monoisotopic (exact) mass is 254 g/mol. The summed E-state index contributed by atoms with van der Waals surface area (Å²) in [5.41, 5.74) is 5.88. The summed E-state index contributed by atoms with van der Waals surface area (Å²) in [5, 5.41) is 3.17. The lowest BCUT2D eigenvalue weighted by atomic mass is 10.2. The lowest BCUT2D eigenvalue weighted by Crippen LogP contribution is -2.39. The fraction of sp³-hybridized carbons (Fsp3) is 0.923. The number of nitrogens with one attached hydrogen (secondary N) is 1. The molecule has 2 aliphatic rings. The number of likely N-dealkylation sites (tertiary alicyclic amines) is 1. The van der Waals surface area contributed by atoms with Crippen molar-refractivity contribution < 1.29 is 4.74 Å². The number of nitrogens with two attached hydrogens (primary N) is 1. The number of hydrogen-bond acceptors (Lipinski definition) is 3. The summed E-state index contributed by atoms with van der Waals surface area (Å²) in [6, 6.07) is 0.582. The molecule has 2 unspecified atom stereocenters. The summed E-state index contributed by atoms with van der Waals surface area (Å²) in [5.74, 6) is 0.563. The molecule has 2 saturated heterocycles. The molecule has 18 heavy (non-hydrogen) atoms. The van der Waals surface area contributed by atoms with Gasteiger partial charge in [0.2, 0.25) is 0 Å². The van der Waals surface area contributed by atoms with Crippen molar-refractivity contribution in [3.8, 4) is 0 Å². The third-order valence-electron chi connectivity index (χ3n) is 3.91. The lowest BCUT2D eigenvalue weighted by Gasteiger charge is -2.21.